The third kappa shape index (κ3) is 3.77. The Labute approximate surface area is 167 Å². The largest absolute Gasteiger partial charge is 0.496 e. The number of ether oxygens (including phenoxy) is 1. The number of methoxy groups -OCH3 is 1. The zero-order valence-corrected chi connectivity index (χ0v) is 16.5. The Morgan fingerprint density at radius 3 is 2.62 bits per heavy atom. The first-order chi connectivity index (χ1) is 14.0. The van der Waals surface area contributed by atoms with Gasteiger partial charge in [-0.2, -0.15) is 0 Å². The minimum atomic E-state index is -0.368. The van der Waals surface area contributed by atoms with Gasteiger partial charge in [0.2, 0.25) is 5.91 Å². The zero-order chi connectivity index (χ0) is 20.5. The molecule has 0 aliphatic heterocycles. The van der Waals surface area contributed by atoms with Gasteiger partial charge in [-0.1, -0.05) is 0 Å². The number of H-pyrrole nitrogens is 1. The number of aromatic amines is 1. The Kier molecular flexibility index (Phi) is 5.13. The van der Waals surface area contributed by atoms with Crippen LogP contribution in [0.1, 0.15) is 37.3 Å². The molecule has 1 amide bonds. The quantitative estimate of drug-likeness (QED) is 0.694. The van der Waals surface area contributed by atoms with E-state index in [4.69, 9.17) is 4.74 Å². The second-order valence-electron chi connectivity index (χ2n) is 7.64. The van der Waals surface area contributed by atoms with E-state index >= 15 is 0 Å². The predicted octanol–water partition coefficient (Wildman–Crippen LogP) is 4.16. The van der Waals surface area contributed by atoms with E-state index in [0.717, 1.165) is 17.0 Å². The van der Waals surface area contributed by atoms with Gasteiger partial charge in [-0.25, -0.2) is 9.18 Å². The third-order valence-corrected chi connectivity index (χ3v) is 5.77. The van der Waals surface area contributed by atoms with E-state index in [1.807, 2.05) is 25.1 Å². The maximum Gasteiger partial charge on any atom is 0.326 e. The molecule has 0 unspecified atom stereocenters. The maximum absolute atomic E-state index is 13.7. The number of imidazole rings is 1. The molecule has 3 aromatic rings. The Hall–Kier alpha value is -3.09. The van der Waals surface area contributed by atoms with Crippen LogP contribution in [0.5, 0.6) is 5.75 Å². The van der Waals surface area contributed by atoms with Gasteiger partial charge in [0.05, 0.1) is 18.1 Å². The van der Waals surface area contributed by atoms with Crippen LogP contribution in [0, 0.1) is 18.7 Å². The standard InChI is InChI=1S/C22H24FN3O3/c1-13-11-16(6-10-20(13)29-2)24-21(27)14-3-7-17(8-4-14)26-19-12-15(23)5-9-18(19)25-22(26)28/h5-6,9-12,14,17H,3-4,7-8H2,1-2H3,(H,24,27)(H,25,28). The average molecular weight is 397 g/mol. The van der Waals surface area contributed by atoms with Crippen molar-refractivity contribution in [1.82, 2.24) is 9.55 Å². The van der Waals surface area contributed by atoms with Crippen molar-refractivity contribution in [2.45, 2.75) is 38.6 Å². The van der Waals surface area contributed by atoms with E-state index in [9.17, 15) is 14.0 Å². The highest BCUT2D eigenvalue weighted by Crippen LogP contribution is 2.34. The second kappa shape index (κ2) is 7.73. The van der Waals surface area contributed by atoms with Crippen molar-refractivity contribution in [2.24, 2.45) is 5.92 Å². The van der Waals surface area contributed by atoms with Gasteiger partial charge in [-0.3, -0.25) is 9.36 Å². The highest BCUT2D eigenvalue weighted by Gasteiger charge is 2.29. The first-order valence-corrected chi connectivity index (χ1v) is 9.81. The molecule has 1 saturated carbocycles. The lowest BCUT2D eigenvalue weighted by atomic mass is 9.85. The van der Waals surface area contributed by atoms with Gasteiger partial charge in [0, 0.05) is 17.6 Å². The minimum absolute atomic E-state index is 0.00895. The first-order valence-electron chi connectivity index (χ1n) is 9.81. The number of rotatable bonds is 4. The van der Waals surface area contributed by atoms with Gasteiger partial charge in [0.1, 0.15) is 11.6 Å². The summed E-state index contributed by atoms with van der Waals surface area (Å²) in [6, 6.07) is 9.83. The molecule has 0 atom stereocenters. The highest BCUT2D eigenvalue weighted by atomic mass is 19.1. The van der Waals surface area contributed by atoms with Gasteiger partial charge in [-0.15, -0.1) is 0 Å². The summed E-state index contributed by atoms with van der Waals surface area (Å²) in [5, 5.41) is 2.98. The number of hydrogen-bond donors (Lipinski definition) is 2. The number of nitrogens with zero attached hydrogens (tertiary/aromatic N) is 1. The van der Waals surface area contributed by atoms with Gasteiger partial charge < -0.3 is 15.0 Å². The summed E-state index contributed by atoms with van der Waals surface area (Å²) in [5.41, 5.74) is 2.69. The van der Waals surface area contributed by atoms with Crippen LogP contribution in [0.25, 0.3) is 11.0 Å². The molecule has 2 N–H and O–H groups in total. The molecule has 0 saturated heterocycles. The Bertz CT molecular complexity index is 1110. The van der Waals surface area contributed by atoms with Gasteiger partial charge in [0.15, 0.2) is 0 Å². The maximum atomic E-state index is 13.7. The number of amides is 1. The highest BCUT2D eigenvalue weighted by molar-refractivity contribution is 5.92. The van der Waals surface area contributed by atoms with E-state index in [1.165, 1.54) is 12.1 Å². The van der Waals surface area contributed by atoms with E-state index in [-0.39, 0.29) is 29.4 Å². The number of halogens is 1. The summed E-state index contributed by atoms with van der Waals surface area (Å²) < 4.78 is 20.5. The summed E-state index contributed by atoms with van der Waals surface area (Å²) in [6.45, 7) is 1.93. The van der Waals surface area contributed by atoms with Crippen LogP contribution in [-0.4, -0.2) is 22.6 Å². The number of carbonyl (C=O) groups is 1. The van der Waals surface area contributed by atoms with Crippen LogP contribution in [0.4, 0.5) is 10.1 Å². The SMILES string of the molecule is COc1ccc(NC(=O)C2CCC(n3c(=O)[nH]c4ccc(F)cc43)CC2)cc1C. The lowest BCUT2D eigenvalue weighted by Gasteiger charge is -2.28. The number of benzene rings is 2. The number of nitrogens with one attached hydrogen (secondary N) is 2. The fourth-order valence-corrected chi connectivity index (χ4v) is 4.25. The summed E-state index contributed by atoms with van der Waals surface area (Å²) in [6.07, 6.45) is 2.76. The first kappa shape index (κ1) is 19.2. The molecule has 0 spiro atoms. The fraction of sp³-hybridized carbons (Fsp3) is 0.364. The van der Waals surface area contributed by atoms with E-state index in [1.54, 1.807) is 17.7 Å². The van der Waals surface area contributed by atoms with E-state index in [0.29, 0.717) is 36.7 Å². The van der Waals surface area contributed by atoms with Crippen LogP contribution in [0.15, 0.2) is 41.2 Å². The van der Waals surface area contributed by atoms with Crippen LogP contribution < -0.4 is 15.7 Å². The predicted molar refractivity (Wildman–Crippen MR) is 110 cm³/mol. The van der Waals surface area contributed by atoms with Gasteiger partial charge >= 0.3 is 5.69 Å². The van der Waals surface area contributed by atoms with E-state index in [2.05, 4.69) is 10.3 Å². The minimum Gasteiger partial charge on any atom is -0.496 e. The van der Waals surface area contributed by atoms with Crippen LogP contribution in [0.3, 0.4) is 0 Å². The number of aryl methyl sites for hydroxylation is 1. The number of fused-ring (bicyclic) bond motifs is 1. The molecule has 1 aliphatic carbocycles. The molecule has 2 aromatic carbocycles. The summed E-state index contributed by atoms with van der Waals surface area (Å²) in [5.74, 6) is 0.300. The smallest absolute Gasteiger partial charge is 0.326 e. The zero-order valence-electron chi connectivity index (χ0n) is 16.5. The number of hydrogen-bond acceptors (Lipinski definition) is 3. The van der Waals surface area contributed by atoms with E-state index < -0.39 is 0 Å². The molecule has 1 heterocycles. The molecule has 0 bridgehead atoms. The van der Waals surface area contributed by atoms with Crippen molar-refractivity contribution in [3.05, 3.63) is 58.3 Å². The number of aromatic nitrogens is 2. The third-order valence-electron chi connectivity index (χ3n) is 5.77. The van der Waals surface area contributed by atoms with Crippen molar-refractivity contribution in [2.75, 3.05) is 12.4 Å². The molecule has 29 heavy (non-hydrogen) atoms. The topological polar surface area (TPSA) is 76.1 Å². The van der Waals surface area contributed by atoms with Crippen molar-refractivity contribution in [3.8, 4) is 5.75 Å². The molecule has 6 nitrogen and oxygen atoms in total. The Morgan fingerprint density at radius 1 is 1.17 bits per heavy atom. The molecular weight excluding hydrogens is 373 g/mol. The Morgan fingerprint density at radius 2 is 1.93 bits per heavy atom. The lowest BCUT2D eigenvalue weighted by Crippen LogP contribution is -2.31. The molecule has 4 rings (SSSR count). The van der Waals surface area contributed by atoms with Gasteiger partial charge in [0.25, 0.3) is 0 Å². The molecule has 1 aromatic heterocycles. The lowest BCUT2D eigenvalue weighted by molar-refractivity contribution is -0.121. The summed E-state index contributed by atoms with van der Waals surface area (Å²) in [4.78, 5) is 27.9. The van der Waals surface area contributed by atoms with Crippen molar-refractivity contribution < 1.29 is 13.9 Å². The second-order valence-corrected chi connectivity index (χ2v) is 7.64. The molecule has 152 valence electrons. The van der Waals surface area contributed by atoms with Crippen LogP contribution in [0.2, 0.25) is 0 Å². The van der Waals surface area contributed by atoms with Crippen LogP contribution >= 0.6 is 0 Å². The molecule has 7 heteroatoms. The summed E-state index contributed by atoms with van der Waals surface area (Å²) >= 11 is 0. The van der Waals surface area contributed by atoms with Crippen molar-refractivity contribution in [3.63, 3.8) is 0 Å². The molecule has 1 fully saturated rings. The molecule has 1 aliphatic rings. The van der Waals surface area contributed by atoms with Gasteiger partial charge in [-0.05, 0) is 74.6 Å². The molecular formula is C22H24FN3O3. The monoisotopic (exact) mass is 397 g/mol. The normalized spacial score (nSPS) is 19.3. The number of carbonyl (C=O) groups excluding carboxylic acids is 1. The van der Waals surface area contributed by atoms with Crippen molar-refractivity contribution >= 4 is 22.6 Å². The fourth-order valence-electron chi connectivity index (χ4n) is 4.25. The number of anilines is 1. The van der Waals surface area contributed by atoms with Crippen LogP contribution in [-0.2, 0) is 4.79 Å². The summed E-state index contributed by atoms with van der Waals surface area (Å²) in [7, 11) is 1.62. The Balaban J connectivity index is 1.44. The average Bonchev–Trinajstić information content (AvgIpc) is 3.03. The van der Waals surface area contributed by atoms with Crippen molar-refractivity contribution in [1.29, 1.82) is 0 Å². The molecule has 0 radical (unpaired) electrons.